The quantitative estimate of drug-likeness (QED) is 0.765. The van der Waals surface area contributed by atoms with Gasteiger partial charge >= 0.3 is 5.69 Å². The number of fused-ring (bicyclic) bond motifs is 2. The van der Waals surface area contributed by atoms with Gasteiger partial charge in [0.1, 0.15) is 11.2 Å². The minimum atomic E-state index is -0.439. The number of carbonyl (C=O) groups excluding carboxylic acids is 1. The molecule has 0 bridgehead atoms. The summed E-state index contributed by atoms with van der Waals surface area (Å²) in [4.78, 5) is 37.6. The van der Waals surface area contributed by atoms with Gasteiger partial charge in [-0.2, -0.15) is 0 Å². The lowest BCUT2D eigenvalue weighted by atomic mass is 10.1. The Morgan fingerprint density at radius 2 is 2.04 bits per heavy atom. The predicted molar refractivity (Wildman–Crippen MR) is 102 cm³/mol. The molecule has 0 saturated heterocycles. The Morgan fingerprint density at radius 1 is 1.23 bits per heavy atom. The standard InChI is InChI=1S/C19H19N3O3S/c1-2-21-18(24)17-15(9-10-26-17)22(19(21)25)11-16(23)20-14-8-7-12-5-3-4-6-13(12)14/h3-6,9-10,14H,2,7-8,11H2,1H3,(H,20,23)/t14-/m0/s1. The van der Waals surface area contributed by atoms with Gasteiger partial charge < -0.3 is 5.32 Å². The number of hydrogen-bond acceptors (Lipinski definition) is 4. The number of nitrogens with zero attached hydrogens (tertiary/aromatic N) is 2. The molecule has 1 N–H and O–H groups in total. The molecule has 2 aromatic heterocycles. The van der Waals surface area contributed by atoms with Gasteiger partial charge in [0.05, 0.1) is 11.6 Å². The predicted octanol–water partition coefficient (Wildman–Crippen LogP) is 2.05. The zero-order valence-electron chi connectivity index (χ0n) is 14.4. The third-order valence-corrected chi connectivity index (χ3v) is 5.81. The number of rotatable bonds is 4. The lowest BCUT2D eigenvalue weighted by molar-refractivity contribution is -0.122. The summed E-state index contributed by atoms with van der Waals surface area (Å²) in [6, 6.07) is 9.79. The van der Waals surface area contributed by atoms with Gasteiger partial charge in [0.25, 0.3) is 5.56 Å². The van der Waals surface area contributed by atoms with Crippen LogP contribution in [0.2, 0.25) is 0 Å². The van der Waals surface area contributed by atoms with Gasteiger partial charge in [-0.1, -0.05) is 24.3 Å². The Labute approximate surface area is 153 Å². The molecule has 6 nitrogen and oxygen atoms in total. The van der Waals surface area contributed by atoms with Crippen LogP contribution < -0.4 is 16.6 Å². The van der Waals surface area contributed by atoms with Crippen molar-refractivity contribution in [3.63, 3.8) is 0 Å². The fourth-order valence-electron chi connectivity index (χ4n) is 3.66. The number of carbonyl (C=O) groups is 1. The second-order valence-electron chi connectivity index (χ2n) is 6.41. The minimum absolute atomic E-state index is 0.0237. The highest BCUT2D eigenvalue weighted by Crippen LogP contribution is 2.30. The molecule has 0 unspecified atom stereocenters. The van der Waals surface area contributed by atoms with E-state index in [1.165, 1.54) is 26.0 Å². The number of nitrogens with one attached hydrogen (secondary N) is 1. The van der Waals surface area contributed by atoms with Crippen molar-refractivity contribution in [3.8, 4) is 0 Å². The average Bonchev–Trinajstić information content (AvgIpc) is 3.27. The molecule has 4 rings (SSSR count). The zero-order valence-corrected chi connectivity index (χ0v) is 15.2. The summed E-state index contributed by atoms with van der Waals surface area (Å²) < 4.78 is 3.08. The van der Waals surface area contributed by atoms with E-state index in [1.54, 1.807) is 18.4 Å². The summed E-state index contributed by atoms with van der Waals surface area (Å²) in [6.45, 7) is 1.94. The molecule has 1 aromatic carbocycles. The van der Waals surface area contributed by atoms with Crippen LogP contribution in [0.4, 0.5) is 0 Å². The van der Waals surface area contributed by atoms with Crippen LogP contribution >= 0.6 is 11.3 Å². The maximum absolute atomic E-state index is 12.7. The van der Waals surface area contributed by atoms with Crippen molar-refractivity contribution >= 4 is 27.5 Å². The first kappa shape index (κ1) is 16.8. The van der Waals surface area contributed by atoms with Crippen LogP contribution in [0.25, 0.3) is 10.2 Å². The lowest BCUT2D eigenvalue weighted by Gasteiger charge is -2.16. The summed E-state index contributed by atoms with van der Waals surface area (Å²) in [5.74, 6) is -0.220. The molecule has 1 aliphatic carbocycles. The van der Waals surface area contributed by atoms with E-state index in [2.05, 4.69) is 11.4 Å². The summed E-state index contributed by atoms with van der Waals surface area (Å²) in [7, 11) is 0. The van der Waals surface area contributed by atoms with Gasteiger partial charge in [0.2, 0.25) is 5.91 Å². The smallest absolute Gasteiger partial charge is 0.331 e. The van der Waals surface area contributed by atoms with E-state index < -0.39 is 5.69 Å². The van der Waals surface area contributed by atoms with Crippen molar-refractivity contribution in [3.05, 3.63) is 67.7 Å². The molecule has 2 heterocycles. The third kappa shape index (κ3) is 2.68. The fraction of sp³-hybridized carbons (Fsp3) is 0.316. The minimum Gasteiger partial charge on any atom is -0.348 e. The van der Waals surface area contributed by atoms with Crippen molar-refractivity contribution in [1.29, 1.82) is 0 Å². The van der Waals surface area contributed by atoms with Crippen LogP contribution in [-0.2, 0) is 24.3 Å². The van der Waals surface area contributed by atoms with Crippen molar-refractivity contribution in [1.82, 2.24) is 14.5 Å². The number of amides is 1. The third-order valence-electron chi connectivity index (χ3n) is 4.92. The highest BCUT2D eigenvalue weighted by Gasteiger charge is 2.24. The first-order valence-corrected chi connectivity index (χ1v) is 9.56. The molecule has 7 heteroatoms. The molecular formula is C19H19N3O3S. The maximum atomic E-state index is 12.7. The lowest BCUT2D eigenvalue weighted by Crippen LogP contribution is -2.42. The summed E-state index contributed by atoms with van der Waals surface area (Å²) in [5.41, 5.74) is 2.20. The number of thiophene rings is 1. The molecule has 0 spiro atoms. The van der Waals surface area contributed by atoms with Crippen molar-refractivity contribution < 1.29 is 4.79 Å². The molecular weight excluding hydrogens is 350 g/mol. The second-order valence-corrected chi connectivity index (χ2v) is 7.33. The normalized spacial score (nSPS) is 16.0. The fourth-order valence-corrected chi connectivity index (χ4v) is 4.50. The van der Waals surface area contributed by atoms with Crippen molar-refractivity contribution in [2.45, 2.75) is 38.9 Å². The van der Waals surface area contributed by atoms with E-state index in [9.17, 15) is 14.4 Å². The molecule has 0 fully saturated rings. The molecule has 0 aliphatic heterocycles. The van der Waals surface area contributed by atoms with Crippen LogP contribution in [0.1, 0.15) is 30.5 Å². The van der Waals surface area contributed by atoms with Gasteiger partial charge in [0.15, 0.2) is 0 Å². The molecule has 1 atom stereocenters. The van der Waals surface area contributed by atoms with Gasteiger partial charge in [-0.25, -0.2) is 4.79 Å². The average molecular weight is 369 g/mol. The number of benzene rings is 1. The molecule has 1 amide bonds. The van der Waals surface area contributed by atoms with Crippen LogP contribution in [0.15, 0.2) is 45.3 Å². The van der Waals surface area contributed by atoms with Crippen molar-refractivity contribution in [2.24, 2.45) is 0 Å². The maximum Gasteiger partial charge on any atom is 0.331 e. The van der Waals surface area contributed by atoms with Crippen LogP contribution in [0.5, 0.6) is 0 Å². The monoisotopic (exact) mass is 369 g/mol. The van der Waals surface area contributed by atoms with Gasteiger partial charge in [-0.05, 0) is 42.3 Å². The Bertz CT molecular complexity index is 1110. The van der Waals surface area contributed by atoms with Crippen LogP contribution in [0, 0.1) is 0 Å². The highest BCUT2D eigenvalue weighted by molar-refractivity contribution is 7.17. The van der Waals surface area contributed by atoms with Gasteiger partial charge in [-0.3, -0.25) is 18.7 Å². The summed E-state index contributed by atoms with van der Waals surface area (Å²) in [6.07, 6.45) is 1.80. The molecule has 1 aliphatic rings. The van der Waals surface area contributed by atoms with E-state index in [1.807, 2.05) is 18.2 Å². The van der Waals surface area contributed by atoms with E-state index in [4.69, 9.17) is 0 Å². The van der Waals surface area contributed by atoms with Crippen molar-refractivity contribution in [2.75, 3.05) is 0 Å². The molecule has 3 aromatic rings. The molecule has 26 heavy (non-hydrogen) atoms. The second kappa shape index (κ2) is 6.57. The first-order chi connectivity index (χ1) is 12.6. The van der Waals surface area contributed by atoms with Gasteiger partial charge in [0, 0.05) is 6.54 Å². The Kier molecular flexibility index (Phi) is 4.24. The largest absolute Gasteiger partial charge is 0.348 e. The van der Waals surface area contributed by atoms with Gasteiger partial charge in [-0.15, -0.1) is 11.3 Å². The zero-order chi connectivity index (χ0) is 18.3. The van der Waals surface area contributed by atoms with Crippen LogP contribution in [0.3, 0.4) is 0 Å². The highest BCUT2D eigenvalue weighted by atomic mass is 32.1. The summed E-state index contributed by atoms with van der Waals surface area (Å²) >= 11 is 1.29. The Morgan fingerprint density at radius 3 is 2.85 bits per heavy atom. The topological polar surface area (TPSA) is 73.1 Å². The van der Waals surface area contributed by atoms with E-state index in [-0.39, 0.29) is 30.6 Å². The van der Waals surface area contributed by atoms with Crippen LogP contribution in [-0.4, -0.2) is 15.0 Å². The Balaban J connectivity index is 1.64. The SMILES string of the molecule is CCn1c(=O)c2sccc2n(CC(=O)N[C@H]2CCc3ccccc32)c1=O. The molecule has 0 saturated carbocycles. The number of aromatic nitrogens is 2. The Hall–Kier alpha value is -2.67. The number of aryl methyl sites for hydroxylation is 1. The van der Waals surface area contributed by atoms with E-state index in [0.29, 0.717) is 10.2 Å². The number of hydrogen-bond donors (Lipinski definition) is 1. The first-order valence-electron chi connectivity index (χ1n) is 8.68. The van der Waals surface area contributed by atoms with E-state index >= 15 is 0 Å². The molecule has 0 radical (unpaired) electrons. The van der Waals surface area contributed by atoms with E-state index in [0.717, 1.165) is 18.4 Å². The molecule has 134 valence electrons. The summed E-state index contributed by atoms with van der Waals surface area (Å²) in [5, 5.41) is 4.81.